The fourth-order valence-corrected chi connectivity index (χ4v) is 4.04. The number of ether oxygens (including phenoxy) is 2. The Morgan fingerprint density at radius 3 is 2.57 bits per heavy atom. The van der Waals surface area contributed by atoms with Crippen molar-refractivity contribution in [3.05, 3.63) is 29.6 Å². The molecule has 1 spiro atoms. The van der Waals surface area contributed by atoms with Crippen molar-refractivity contribution in [1.29, 1.82) is 0 Å². The van der Waals surface area contributed by atoms with E-state index >= 15 is 0 Å². The topological polar surface area (TPSA) is 54.9 Å². The summed E-state index contributed by atoms with van der Waals surface area (Å²) in [6.45, 7) is 9.63. The van der Waals surface area contributed by atoms with Crippen LogP contribution in [0.4, 0.5) is 13.2 Å². The zero-order chi connectivity index (χ0) is 21.9. The van der Waals surface area contributed by atoms with E-state index in [9.17, 15) is 18.0 Å². The van der Waals surface area contributed by atoms with Crippen LogP contribution in [0.1, 0.15) is 44.9 Å². The van der Waals surface area contributed by atoms with E-state index in [0.717, 1.165) is 44.7 Å². The maximum atomic E-state index is 12.7. The molecular formula is C21H30F3N3O3. The molecule has 0 saturated carbocycles. The summed E-state index contributed by atoms with van der Waals surface area (Å²) < 4.78 is 50.0. The molecule has 6 nitrogen and oxygen atoms in total. The van der Waals surface area contributed by atoms with Gasteiger partial charge >= 0.3 is 6.18 Å². The average molecular weight is 429 g/mol. The molecule has 1 amide bonds. The van der Waals surface area contributed by atoms with Crippen molar-refractivity contribution in [3.8, 4) is 0 Å². The predicted molar refractivity (Wildman–Crippen MR) is 105 cm³/mol. The monoisotopic (exact) mass is 429 g/mol. The third kappa shape index (κ3) is 5.70. The minimum atomic E-state index is -4.42. The van der Waals surface area contributed by atoms with Crippen LogP contribution in [-0.2, 0) is 27.0 Å². The van der Waals surface area contributed by atoms with Crippen LogP contribution < -0.4 is 0 Å². The molecular weight excluding hydrogens is 399 g/mol. The van der Waals surface area contributed by atoms with E-state index in [1.54, 1.807) is 11.8 Å². The van der Waals surface area contributed by atoms with Gasteiger partial charge < -0.3 is 19.3 Å². The maximum absolute atomic E-state index is 12.7. The van der Waals surface area contributed by atoms with Gasteiger partial charge in [-0.15, -0.1) is 0 Å². The number of pyridine rings is 1. The van der Waals surface area contributed by atoms with Gasteiger partial charge in [0.2, 0.25) is 0 Å². The molecule has 1 aromatic rings. The normalized spacial score (nSPS) is 22.8. The first-order valence-corrected chi connectivity index (χ1v) is 10.4. The maximum Gasteiger partial charge on any atom is 0.417 e. The molecule has 0 radical (unpaired) electrons. The Kier molecular flexibility index (Phi) is 7.04. The second kappa shape index (κ2) is 9.20. The number of hydrogen-bond acceptors (Lipinski definition) is 5. The number of likely N-dealkylation sites (tertiary alicyclic amines) is 1. The summed E-state index contributed by atoms with van der Waals surface area (Å²) >= 11 is 0. The van der Waals surface area contributed by atoms with Crippen LogP contribution in [0.25, 0.3) is 0 Å². The Bertz CT molecular complexity index is 716. The van der Waals surface area contributed by atoms with E-state index in [0.29, 0.717) is 18.8 Å². The van der Waals surface area contributed by atoms with Crippen LogP contribution in [0, 0.1) is 0 Å². The predicted octanol–water partition coefficient (Wildman–Crippen LogP) is 3.11. The molecule has 0 N–H and O–H groups in total. The number of nitrogens with zero attached hydrogens (tertiary/aromatic N) is 3. The van der Waals surface area contributed by atoms with Crippen LogP contribution in [-0.4, -0.2) is 71.3 Å². The number of morpholine rings is 1. The second-order valence-corrected chi connectivity index (χ2v) is 8.43. The zero-order valence-electron chi connectivity index (χ0n) is 17.7. The molecule has 3 heterocycles. The number of alkyl halides is 3. The summed E-state index contributed by atoms with van der Waals surface area (Å²) in [5.74, 6) is -0.157. The van der Waals surface area contributed by atoms with E-state index in [4.69, 9.17) is 9.47 Å². The lowest BCUT2D eigenvalue weighted by atomic mass is 9.88. The summed E-state index contributed by atoms with van der Waals surface area (Å²) in [6.07, 6.45) is -2.39. The van der Waals surface area contributed by atoms with Crippen molar-refractivity contribution in [2.24, 2.45) is 0 Å². The van der Waals surface area contributed by atoms with Crippen LogP contribution in [0.3, 0.4) is 0 Å². The highest BCUT2D eigenvalue weighted by Crippen LogP contribution is 2.34. The Morgan fingerprint density at radius 1 is 1.30 bits per heavy atom. The number of carbonyl (C=O) groups excluding carboxylic acids is 1. The highest BCUT2D eigenvalue weighted by molar-refractivity contribution is 5.81. The molecule has 168 valence electrons. The number of hydrogen-bond donors (Lipinski definition) is 0. The first-order valence-electron chi connectivity index (χ1n) is 10.4. The molecule has 30 heavy (non-hydrogen) atoms. The van der Waals surface area contributed by atoms with Crippen LogP contribution in [0.15, 0.2) is 18.3 Å². The Labute approximate surface area is 175 Å². The van der Waals surface area contributed by atoms with Crippen LogP contribution in [0.2, 0.25) is 0 Å². The molecule has 0 aromatic carbocycles. The van der Waals surface area contributed by atoms with E-state index in [1.165, 1.54) is 6.07 Å². The van der Waals surface area contributed by atoms with Gasteiger partial charge in [0.05, 0.1) is 42.7 Å². The average Bonchev–Trinajstić information content (AvgIpc) is 2.67. The third-order valence-electron chi connectivity index (χ3n) is 5.70. The molecule has 2 aliphatic heterocycles. The quantitative estimate of drug-likeness (QED) is 0.696. The Balaban J connectivity index is 1.60. The van der Waals surface area contributed by atoms with Gasteiger partial charge in [-0.1, -0.05) is 0 Å². The van der Waals surface area contributed by atoms with Crippen molar-refractivity contribution in [1.82, 2.24) is 14.8 Å². The zero-order valence-corrected chi connectivity index (χ0v) is 17.7. The minimum Gasteiger partial charge on any atom is -0.377 e. The standard InChI is InChI=1S/C21H30F3N3O3/c1-15(2)29-11-10-26-8-6-20(7-9-26)14-27(19(28)16(3)30-20)13-18-5-4-17(12-25-18)21(22,23)24/h4-5,12,15-16H,6-11,13-14H2,1-3H3. The van der Waals surface area contributed by atoms with Crippen molar-refractivity contribution < 1.29 is 27.4 Å². The van der Waals surface area contributed by atoms with Gasteiger partial charge in [-0.25, -0.2) is 0 Å². The summed E-state index contributed by atoms with van der Waals surface area (Å²) in [7, 11) is 0. The summed E-state index contributed by atoms with van der Waals surface area (Å²) in [6, 6.07) is 2.34. The van der Waals surface area contributed by atoms with E-state index in [-0.39, 0.29) is 18.6 Å². The smallest absolute Gasteiger partial charge is 0.377 e. The van der Waals surface area contributed by atoms with Gasteiger partial charge in [0, 0.05) is 25.8 Å². The SMILES string of the molecule is CC(C)OCCN1CCC2(CC1)CN(Cc1ccc(C(F)(F)F)cn1)C(=O)C(C)O2. The van der Waals surface area contributed by atoms with Crippen LogP contribution >= 0.6 is 0 Å². The van der Waals surface area contributed by atoms with E-state index in [2.05, 4.69) is 9.88 Å². The molecule has 2 saturated heterocycles. The number of carbonyl (C=O) groups is 1. The van der Waals surface area contributed by atoms with Crippen molar-refractivity contribution in [2.45, 2.75) is 64.1 Å². The largest absolute Gasteiger partial charge is 0.417 e. The molecule has 3 rings (SSSR count). The number of piperidine rings is 1. The fourth-order valence-electron chi connectivity index (χ4n) is 4.04. The van der Waals surface area contributed by atoms with Crippen molar-refractivity contribution >= 4 is 5.91 Å². The number of aromatic nitrogens is 1. The van der Waals surface area contributed by atoms with Crippen molar-refractivity contribution in [2.75, 3.05) is 32.8 Å². The Morgan fingerprint density at radius 2 is 2.00 bits per heavy atom. The first-order chi connectivity index (χ1) is 14.1. The molecule has 0 aliphatic carbocycles. The summed E-state index contributed by atoms with van der Waals surface area (Å²) in [5.41, 5.74) is -0.781. The molecule has 9 heteroatoms. The highest BCUT2D eigenvalue weighted by atomic mass is 19.4. The lowest BCUT2D eigenvalue weighted by Crippen LogP contribution is -2.61. The number of halogens is 3. The van der Waals surface area contributed by atoms with Gasteiger partial charge in [-0.2, -0.15) is 13.2 Å². The number of amides is 1. The third-order valence-corrected chi connectivity index (χ3v) is 5.70. The minimum absolute atomic E-state index is 0.157. The Hall–Kier alpha value is -1.71. The van der Waals surface area contributed by atoms with Gasteiger partial charge in [0.25, 0.3) is 5.91 Å². The summed E-state index contributed by atoms with van der Waals surface area (Å²) in [4.78, 5) is 20.5. The molecule has 0 bridgehead atoms. The molecule has 2 fully saturated rings. The van der Waals surface area contributed by atoms with Gasteiger partial charge in [-0.3, -0.25) is 9.78 Å². The molecule has 1 atom stereocenters. The summed E-state index contributed by atoms with van der Waals surface area (Å²) in [5, 5.41) is 0. The molecule has 1 aromatic heterocycles. The van der Waals surface area contributed by atoms with Gasteiger partial charge in [-0.05, 0) is 45.7 Å². The van der Waals surface area contributed by atoms with Crippen LogP contribution in [0.5, 0.6) is 0 Å². The van der Waals surface area contributed by atoms with E-state index < -0.39 is 23.4 Å². The molecule has 2 aliphatic rings. The lowest BCUT2D eigenvalue weighted by Gasteiger charge is -2.49. The number of rotatable bonds is 6. The first kappa shape index (κ1) is 23.0. The van der Waals surface area contributed by atoms with Gasteiger partial charge in [0.1, 0.15) is 6.10 Å². The lowest BCUT2D eigenvalue weighted by molar-refractivity contribution is -0.191. The van der Waals surface area contributed by atoms with Gasteiger partial charge in [0.15, 0.2) is 0 Å². The highest BCUT2D eigenvalue weighted by Gasteiger charge is 2.45. The fraction of sp³-hybridized carbons (Fsp3) is 0.714. The molecule has 1 unspecified atom stereocenters. The van der Waals surface area contributed by atoms with Crippen molar-refractivity contribution in [3.63, 3.8) is 0 Å². The second-order valence-electron chi connectivity index (χ2n) is 8.43. The van der Waals surface area contributed by atoms with E-state index in [1.807, 2.05) is 13.8 Å².